The fraction of sp³-hybridized carbons (Fsp3) is 0.429. The molecule has 2 N–H and O–H groups in total. The number of hydrogen-bond acceptors (Lipinski definition) is 3. The zero-order valence-electron chi connectivity index (χ0n) is 12.0. The van der Waals surface area contributed by atoms with Gasteiger partial charge in [-0.2, -0.15) is 0 Å². The Morgan fingerprint density at radius 2 is 2.00 bits per heavy atom. The Morgan fingerprint density at radius 3 is 2.57 bits per heavy atom. The van der Waals surface area contributed by atoms with E-state index >= 15 is 0 Å². The van der Waals surface area contributed by atoms with E-state index in [-0.39, 0.29) is 18.7 Å². The van der Waals surface area contributed by atoms with Crippen LogP contribution < -0.4 is 5.73 Å². The zero-order chi connectivity index (χ0) is 16.0. The highest BCUT2D eigenvalue weighted by Crippen LogP contribution is 2.24. The first-order valence-corrected chi connectivity index (χ1v) is 7.93. The van der Waals surface area contributed by atoms with Crippen LogP contribution in [0, 0.1) is 23.5 Å². The van der Waals surface area contributed by atoms with Crippen molar-refractivity contribution in [2.75, 3.05) is 20.1 Å². The Morgan fingerprint density at radius 1 is 1.33 bits per heavy atom. The van der Waals surface area contributed by atoms with E-state index in [0.717, 1.165) is 16.8 Å². The number of halogens is 2. The van der Waals surface area contributed by atoms with Crippen LogP contribution in [0.3, 0.4) is 0 Å². The Labute approximate surface area is 124 Å². The Bertz CT molecular complexity index is 664. The summed E-state index contributed by atoms with van der Waals surface area (Å²) in [5, 5.41) is 0. The Kier molecular flexibility index (Phi) is 6.27. The maximum absolute atomic E-state index is 14.0. The van der Waals surface area contributed by atoms with Gasteiger partial charge in [-0.3, -0.25) is 0 Å². The SMILES string of the molecule is CCCCN(C)S(=O)(=O)c1c(F)cc(F)cc1C#CCN. The molecular weight excluding hydrogens is 298 g/mol. The lowest BCUT2D eigenvalue weighted by Gasteiger charge is -2.18. The third-order valence-electron chi connectivity index (χ3n) is 2.83. The van der Waals surface area contributed by atoms with Gasteiger partial charge in [0.05, 0.1) is 12.1 Å². The number of sulfonamides is 1. The highest BCUT2D eigenvalue weighted by Gasteiger charge is 2.27. The van der Waals surface area contributed by atoms with Gasteiger partial charge in [-0.05, 0) is 12.5 Å². The van der Waals surface area contributed by atoms with Crippen LogP contribution >= 0.6 is 0 Å². The van der Waals surface area contributed by atoms with Crippen LogP contribution in [-0.4, -0.2) is 32.9 Å². The van der Waals surface area contributed by atoms with Crippen LogP contribution in [0.2, 0.25) is 0 Å². The van der Waals surface area contributed by atoms with Crippen molar-refractivity contribution in [3.63, 3.8) is 0 Å². The van der Waals surface area contributed by atoms with Gasteiger partial charge in [0.15, 0.2) is 0 Å². The summed E-state index contributed by atoms with van der Waals surface area (Å²) in [6.07, 6.45) is 1.44. The fourth-order valence-electron chi connectivity index (χ4n) is 1.72. The number of nitrogens with zero attached hydrogens (tertiary/aromatic N) is 1. The summed E-state index contributed by atoms with van der Waals surface area (Å²) in [5.41, 5.74) is 5.00. The average Bonchev–Trinajstić information content (AvgIpc) is 2.41. The van der Waals surface area contributed by atoms with Crippen LogP contribution in [0.4, 0.5) is 8.78 Å². The van der Waals surface area contributed by atoms with Crippen molar-refractivity contribution in [2.24, 2.45) is 5.73 Å². The molecule has 0 atom stereocenters. The minimum absolute atomic E-state index is 0.0384. The molecule has 0 spiro atoms. The topological polar surface area (TPSA) is 63.4 Å². The summed E-state index contributed by atoms with van der Waals surface area (Å²) in [4.78, 5) is -0.608. The van der Waals surface area contributed by atoms with Gasteiger partial charge in [0.25, 0.3) is 0 Å². The van der Waals surface area contributed by atoms with Gasteiger partial charge < -0.3 is 5.73 Å². The average molecular weight is 316 g/mol. The molecule has 1 aromatic carbocycles. The normalized spacial score (nSPS) is 11.3. The van der Waals surface area contributed by atoms with Gasteiger partial charge in [0.2, 0.25) is 10.0 Å². The molecular formula is C14H18F2N2O2S. The lowest BCUT2D eigenvalue weighted by Crippen LogP contribution is -2.29. The van der Waals surface area contributed by atoms with Gasteiger partial charge in [0.1, 0.15) is 16.5 Å². The molecule has 0 bridgehead atoms. The van der Waals surface area contributed by atoms with Crippen molar-refractivity contribution in [1.29, 1.82) is 0 Å². The summed E-state index contributed by atoms with van der Waals surface area (Å²) in [5.74, 6) is 2.79. The van der Waals surface area contributed by atoms with E-state index in [4.69, 9.17) is 5.73 Å². The van der Waals surface area contributed by atoms with E-state index in [1.165, 1.54) is 7.05 Å². The van der Waals surface area contributed by atoms with Crippen molar-refractivity contribution >= 4 is 10.0 Å². The molecule has 1 rings (SSSR count). The van der Waals surface area contributed by atoms with Gasteiger partial charge in [-0.25, -0.2) is 21.5 Å². The molecule has 21 heavy (non-hydrogen) atoms. The lowest BCUT2D eigenvalue weighted by molar-refractivity contribution is 0.452. The van der Waals surface area contributed by atoms with Crippen LogP contribution in [0.15, 0.2) is 17.0 Å². The van der Waals surface area contributed by atoms with Crippen molar-refractivity contribution in [3.8, 4) is 11.8 Å². The molecule has 7 heteroatoms. The van der Waals surface area contributed by atoms with Crippen LogP contribution in [0.25, 0.3) is 0 Å². The molecule has 0 aromatic heterocycles. The van der Waals surface area contributed by atoms with E-state index in [1.54, 1.807) is 0 Å². The predicted octanol–water partition coefficient (Wildman–Crippen LogP) is 1.70. The van der Waals surface area contributed by atoms with E-state index in [2.05, 4.69) is 11.8 Å². The molecule has 0 aliphatic rings. The van der Waals surface area contributed by atoms with Crippen LogP contribution in [-0.2, 0) is 10.0 Å². The molecule has 0 fully saturated rings. The minimum atomic E-state index is -4.07. The molecule has 0 aliphatic carbocycles. The molecule has 0 saturated heterocycles. The number of unbranched alkanes of at least 4 members (excludes halogenated alkanes) is 1. The van der Waals surface area contributed by atoms with E-state index in [9.17, 15) is 17.2 Å². The molecule has 0 heterocycles. The molecule has 1 aromatic rings. The molecule has 0 aliphatic heterocycles. The van der Waals surface area contributed by atoms with Gasteiger partial charge in [0, 0.05) is 19.7 Å². The number of rotatable bonds is 5. The molecule has 116 valence electrons. The van der Waals surface area contributed by atoms with Crippen molar-refractivity contribution in [1.82, 2.24) is 4.31 Å². The first-order valence-electron chi connectivity index (χ1n) is 6.49. The quantitative estimate of drug-likeness (QED) is 0.841. The van der Waals surface area contributed by atoms with Crippen LogP contribution in [0.5, 0.6) is 0 Å². The summed E-state index contributed by atoms with van der Waals surface area (Å²) in [7, 11) is -2.72. The highest BCUT2D eigenvalue weighted by molar-refractivity contribution is 7.89. The third-order valence-corrected chi connectivity index (χ3v) is 4.76. The number of nitrogens with two attached hydrogens (primary N) is 1. The fourth-order valence-corrected chi connectivity index (χ4v) is 3.09. The molecule has 0 amide bonds. The van der Waals surface area contributed by atoms with E-state index in [0.29, 0.717) is 12.5 Å². The summed E-state index contributed by atoms with van der Waals surface area (Å²) < 4.78 is 53.1. The Hall–Kier alpha value is -1.49. The number of benzene rings is 1. The monoisotopic (exact) mass is 316 g/mol. The van der Waals surface area contributed by atoms with Crippen molar-refractivity contribution in [3.05, 3.63) is 29.3 Å². The van der Waals surface area contributed by atoms with Crippen molar-refractivity contribution in [2.45, 2.75) is 24.7 Å². The maximum atomic E-state index is 14.0. The zero-order valence-corrected chi connectivity index (χ0v) is 12.8. The largest absolute Gasteiger partial charge is 0.320 e. The summed E-state index contributed by atoms with van der Waals surface area (Å²) >= 11 is 0. The highest BCUT2D eigenvalue weighted by atomic mass is 32.2. The third kappa shape index (κ3) is 4.24. The second kappa shape index (κ2) is 7.50. The van der Waals surface area contributed by atoms with Gasteiger partial charge in [-0.15, -0.1) is 0 Å². The van der Waals surface area contributed by atoms with Gasteiger partial charge >= 0.3 is 0 Å². The second-order valence-corrected chi connectivity index (χ2v) is 6.43. The van der Waals surface area contributed by atoms with Crippen LogP contribution in [0.1, 0.15) is 25.3 Å². The standard InChI is InChI=1S/C14H18F2N2O2S/c1-3-4-8-18(2)21(19,20)14-11(6-5-7-17)9-12(15)10-13(14)16/h9-10H,3-4,7-8,17H2,1-2H3. The Balaban J connectivity index is 3.40. The smallest absolute Gasteiger partial charge is 0.246 e. The minimum Gasteiger partial charge on any atom is -0.320 e. The first-order chi connectivity index (χ1) is 9.84. The molecule has 0 saturated carbocycles. The summed E-state index contributed by atoms with van der Waals surface area (Å²) in [6.45, 7) is 2.12. The molecule has 0 unspecified atom stereocenters. The van der Waals surface area contributed by atoms with Gasteiger partial charge in [-0.1, -0.05) is 25.2 Å². The van der Waals surface area contributed by atoms with E-state index in [1.807, 2.05) is 6.92 Å². The second-order valence-electron chi connectivity index (χ2n) is 4.45. The molecule has 0 radical (unpaired) electrons. The number of hydrogen-bond donors (Lipinski definition) is 1. The first kappa shape index (κ1) is 17.6. The van der Waals surface area contributed by atoms with Crippen molar-refractivity contribution < 1.29 is 17.2 Å². The predicted molar refractivity (Wildman–Crippen MR) is 77.0 cm³/mol. The summed E-state index contributed by atoms with van der Waals surface area (Å²) in [6, 6.07) is 1.43. The maximum Gasteiger partial charge on any atom is 0.246 e. The lowest BCUT2D eigenvalue weighted by atomic mass is 10.2. The van der Waals surface area contributed by atoms with E-state index < -0.39 is 26.6 Å². The molecule has 4 nitrogen and oxygen atoms in total.